The zero-order valence-corrected chi connectivity index (χ0v) is 18.2. The van der Waals surface area contributed by atoms with E-state index in [2.05, 4.69) is 5.32 Å². The van der Waals surface area contributed by atoms with Crippen LogP contribution in [0.15, 0.2) is 65.3 Å². The fraction of sp³-hybridized carbons (Fsp3) is 0.280. The molecule has 0 saturated carbocycles. The highest BCUT2D eigenvalue weighted by Crippen LogP contribution is 2.33. The Hall–Kier alpha value is -3.75. The highest BCUT2D eigenvalue weighted by molar-refractivity contribution is 5.94. The van der Waals surface area contributed by atoms with Gasteiger partial charge in [0.05, 0.1) is 18.4 Å². The maximum Gasteiger partial charge on any atom is 0.416 e. The molecule has 0 atom stereocenters. The van der Waals surface area contributed by atoms with Crippen molar-refractivity contribution in [3.05, 3.63) is 77.6 Å². The van der Waals surface area contributed by atoms with Crippen molar-refractivity contribution in [2.24, 2.45) is 0 Å². The summed E-state index contributed by atoms with van der Waals surface area (Å²) < 4.78 is 50.5. The molecule has 1 amide bonds. The Morgan fingerprint density at radius 3 is 2.41 bits per heavy atom. The number of furan rings is 1. The zero-order chi connectivity index (χ0) is 24.6. The van der Waals surface area contributed by atoms with Crippen LogP contribution in [0.1, 0.15) is 47.2 Å². The Bertz CT molecular complexity index is 1090. The lowest BCUT2D eigenvalue weighted by Crippen LogP contribution is -2.23. The SMILES string of the molecule is O=C(O)CCCCCOc1ccc(C(F)(F)F)cc1CNC(=O)c1ccc(-c2ccco2)cc1. The number of hydrogen-bond donors (Lipinski definition) is 2. The number of aliphatic carboxylic acids is 1. The molecule has 1 heterocycles. The number of carbonyl (C=O) groups is 2. The second-order valence-electron chi connectivity index (χ2n) is 7.61. The van der Waals surface area contributed by atoms with Crippen LogP contribution >= 0.6 is 0 Å². The predicted octanol–water partition coefficient (Wildman–Crippen LogP) is 5.92. The van der Waals surface area contributed by atoms with Crippen LogP contribution in [-0.4, -0.2) is 23.6 Å². The second-order valence-corrected chi connectivity index (χ2v) is 7.61. The summed E-state index contributed by atoms with van der Waals surface area (Å²) in [6.07, 6.45) is -1.26. The van der Waals surface area contributed by atoms with Crippen molar-refractivity contribution >= 4 is 11.9 Å². The topological polar surface area (TPSA) is 88.8 Å². The maximum absolute atomic E-state index is 13.2. The molecule has 0 aliphatic rings. The van der Waals surface area contributed by atoms with Gasteiger partial charge >= 0.3 is 12.1 Å². The van der Waals surface area contributed by atoms with Crippen LogP contribution in [0, 0.1) is 0 Å². The Kier molecular flexibility index (Phi) is 8.34. The van der Waals surface area contributed by atoms with Crippen molar-refractivity contribution in [2.45, 2.75) is 38.4 Å². The molecule has 0 aliphatic heterocycles. The molecular formula is C25H24F3NO5. The summed E-state index contributed by atoms with van der Waals surface area (Å²) in [5.74, 6) is -0.430. The largest absolute Gasteiger partial charge is 0.493 e. The number of unbranched alkanes of at least 4 members (excludes halogenated alkanes) is 2. The molecule has 34 heavy (non-hydrogen) atoms. The minimum atomic E-state index is -4.53. The standard InChI is InChI=1S/C25H24F3NO5/c26-25(27,28)20-11-12-22(33-13-3-1-2-6-23(30)31)19(15-20)16-29-24(32)18-9-7-17(8-10-18)21-5-4-14-34-21/h4-5,7-12,14-15H,1-3,6,13,16H2,(H,29,32)(H,30,31). The van der Waals surface area contributed by atoms with Crippen molar-refractivity contribution in [2.75, 3.05) is 6.61 Å². The first-order valence-corrected chi connectivity index (χ1v) is 10.7. The van der Waals surface area contributed by atoms with Gasteiger partial charge in [0.1, 0.15) is 11.5 Å². The highest BCUT2D eigenvalue weighted by Gasteiger charge is 2.31. The zero-order valence-electron chi connectivity index (χ0n) is 18.2. The third kappa shape index (κ3) is 7.13. The van der Waals surface area contributed by atoms with Gasteiger partial charge in [0, 0.05) is 29.7 Å². The summed E-state index contributed by atoms with van der Waals surface area (Å²) in [5, 5.41) is 11.3. The number of nitrogens with one attached hydrogen (secondary N) is 1. The van der Waals surface area contributed by atoms with Crippen LogP contribution in [0.3, 0.4) is 0 Å². The van der Waals surface area contributed by atoms with Gasteiger partial charge in [0.15, 0.2) is 0 Å². The van der Waals surface area contributed by atoms with Crippen LogP contribution in [0.4, 0.5) is 13.2 Å². The summed E-state index contributed by atoms with van der Waals surface area (Å²) in [7, 11) is 0. The van der Waals surface area contributed by atoms with Gasteiger partial charge in [-0.05, 0) is 61.7 Å². The lowest BCUT2D eigenvalue weighted by atomic mass is 10.1. The van der Waals surface area contributed by atoms with Crippen molar-refractivity contribution in [1.82, 2.24) is 5.32 Å². The Balaban J connectivity index is 1.63. The van der Waals surface area contributed by atoms with Crippen LogP contribution in [0.5, 0.6) is 5.75 Å². The first-order valence-electron chi connectivity index (χ1n) is 10.7. The van der Waals surface area contributed by atoms with E-state index in [9.17, 15) is 22.8 Å². The predicted molar refractivity (Wildman–Crippen MR) is 118 cm³/mol. The van der Waals surface area contributed by atoms with Gasteiger partial charge in [-0.25, -0.2) is 0 Å². The van der Waals surface area contributed by atoms with E-state index in [1.807, 2.05) is 0 Å². The van der Waals surface area contributed by atoms with Crippen LogP contribution in [0.25, 0.3) is 11.3 Å². The smallest absolute Gasteiger partial charge is 0.416 e. The molecule has 0 spiro atoms. The minimum absolute atomic E-state index is 0.0556. The second kappa shape index (κ2) is 11.4. The van der Waals surface area contributed by atoms with Crippen LogP contribution < -0.4 is 10.1 Å². The molecule has 0 unspecified atom stereocenters. The average Bonchev–Trinajstić information content (AvgIpc) is 3.34. The number of amides is 1. The molecular weight excluding hydrogens is 451 g/mol. The molecule has 2 aromatic carbocycles. The highest BCUT2D eigenvalue weighted by atomic mass is 19.4. The Morgan fingerprint density at radius 2 is 1.76 bits per heavy atom. The molecule has 3 rings (SSSR count). The lowest BCUT2D eigenvalue weighted by molar-refractivity contribution is -0.138. The van der Waals surface area contributed by atoms with E-state index in [1.165, 1.54) is 6.07 Å². The number of benzene rings is 2. The fourth-order valence-corrected chi connectivity index (χ4v) is 3.28. The van der Waals surface area contributed by atoms with Gasteiger partial charge in [-0.1, -0.05) is 12.1 Å². The van der Waals surface area contributed by atoms with Crippen molar-refractivity contribution in [3.8, 4) is 17.1 Å². The Labute approximate surface area is 194 Å². The number of halogens is 3. The number of ether oxygens (including phenoxy) is 1. The number of rotatable bonds is 11. The number of hydrogen-bond acceptors (Lipinski definition) is 4. The molecule has 0 radical (unpaired) electrons. The molecule has 180 valence electrons. The van der Waals surface area contributed by atoms with Crippen molar-refractivity contribution < 1.29 is 37.0 Å². The van der Waals surface area contributed by atoms with Crippen molar-refractivity contribution in [3.63, 3.8) is 0 Å². The summed E-state index contributed by atoms with van der Waals surface area (Å²) in [5.41, 5.74) is 0.496. The van der Waals surface area contributed by atoms with E-state index >= 15 is 0 Å². The number of carboxylic acid groups (broad SMARTS) is 1. The summed E-state index contributed by atoms with van der Waals surface area (Å²) >= 11 is 0. The van der Waals surface area contributed by atoms with E-state index in [4.69, 9.17) is 14.3 Å². The number of carbonyl (C=O) groups excluding carboxylic acids is 1. The normalized spacial score (nSPS) is 11.3. The van der Waals surface area contributed by atoms with Gasteiger partial charge in [0.25, 0.3) is 5.91 Å². The molecule has 6 nitrogen and oxygen atoms in total. The Morgan fingerprint density at radius 1 is 1.00 bits per heavy atom. The van der Waals surface area contributed by atoms with E-state index in [0.717, 1.165) is 17.7 Å². The van der Waals surface area contributed by atoms with Gasteiger partial charge < -0.3 is 19.6 Å². The third-order valence-corrected chi connectivity index (χ3v) is 5.07. The monoisotopic (exact) mass is 475 g/mol. The average molecular weight is 475 g/mol. The number of carboxylic acids is 1. The molecule has 2 N–H and O–H groups in total. The summed E-state index contributed by atoms with van der Waals surface area (Å²) in [6.45, 7) is 0.0667. The van der Waals surface area contributed by atoms with Crippen LogP contribution in [0.2, 0.25) is 0 Å². The van der Waals surface area contributed by atoms with Crippen molar-refractivity contribution in [1.29, 1.82) is 0 Å². The molecule has 0 fully saturated rings. The quantitative estimate of drug-likeness (QED) is 0.336. The van der Waals surface area contributed by atoms with Gasteiger partial charge in [-0.3, -0.25) is 9.59 Å². The molecule has 0 bridgehead atoms. The van der Waals surface area contributed by atoms with Gasteiger partial charge in [0.2, 0.25) is 0 Å². The van der Waals surface area contributed by atoms with Crippen LogP contribution in [-0.2, 0) is 17.5 Å². The molecule has 9 heteroatoms. The molecule has 0 aliphatic carbocycles. The molecule has 0 saturated heterocycles. The van der Waals surface area contributed by atoms with Gasteiger partial charge in [-0.2, -0.15) is 13.2 Å². The first-order chi connectivity index (χ1) is 16.2. The number of alkyl halides is 3. The van der Waals surface area contributed by atoms with E-state index in [-0.39, 0.29) is 30.9 Å². The minimum Gasteiger partial charge on any atom is -0.493 e. The third-order valence-electron chi connectivity index (χ3n) is 5.07. The van der Waals surface area contributed by atoms with E-state index in [0.29, 0.717) is 30.6 Å². The van der Waals surface area contributed by atoms with E-state index in [1.54, 1.807) is 42.7 Å². The molecule has 3 aromatic rings. The fourth-order valence-electron chi connectivity index (χ4n) is 3.28. The maximum atomic E-state index is 13.2. The molecule has 1 aromatic heterocycles. The van der Waals surface area contributed by atoms with Gasteiger partial charge in [-0.15, -0.1) is 0 Å². The van der Waals surface area contributed by atoms with E-state index < -0.39 is 23.6 Å². The lowest BCUT2D eigenvalue weighted by Gasteiger charge is -2.15. The summed E-state index contributed by atoms with van der Waals surface area (Å²) in [6, 6.07) is 13.3. The summed E-state index contributed by atoms with van der Waals surface area (Å²) in [4.78, 5) is 23.1. The first kappa shape index (κ1) is 24.9.